The number of fused-ring (bicyclic) bond motifs is 3. The molecular formula is C20H19NO4S. The van der Waals surface area contributed by atoms with Crippen molar-refractivity contribution in [1.82, 2.24) is 0 Å². The monoisotopic (exact) mass is 369 g/mol. The van der Waals surface area contributed by atoms with Crippen LogP contribution in [0.1, 0.15) is 40.1 Å². The molecule has 2 aromatic carbocycles. The highest BCUT2D eigenvalue weighted by molar-refractivity contribution is 7.92. The van der Waals surface area contributed by atoms with Crippen molar-refractivity contribution >= 4 is 32.5 Å². The largest absolute Gasteiger partial charge is 0.460 e. The Kier molecular flexibility index (Phi) is 3.88. The van der Waals surface area contributed by atoms with Crippen LogP contribution < -0.4 is 4.72 Å². The molecule has 134 valence electrons. The number of carbonyl (C=O) groups is 1. The van der Waals surface area contributed by atoms with Gasteiger partial charge >= 0.3 is 0 Å². The van der Waals surface area contributed by atoms with Crippen LogP contribution in [-0.2, 0) is 16.4 Å². The molecule has 1 aliphatic carbocycles. The minimum absolute atomic E-state index is 0.0551. The van der Waals surface area contributed by atoms with Gasteiger partial charge in [0.25, 0.3) is 10.0 Å². The van der Waals surface area contributed by atoms with E-state index in [1.165, 1.54) is 0 Å². The summed E-state index contributed by atoms with van der Waals surface area (Å²) in [6, 6.07) is 10.4. The van der Waals surface area contributed by atoms with Crippen molar-refractivity contribution in [1.29, 1.82) is 0 Å². The predicted molar refractivity (Wildman–Crippen MR) is 100 cm³/mol. The fourth-order valence-electron chi connectivity index (χ4n) is 3.43. The number of anilines is 1. The van der Waals surface area contributed by atoms with Crippen molar-refractivity contribution in [3.63, 3.8) is 0 Å². The van der Waals surface area contributed by atoms with Gasteiger partial charge < -0.3 is 4.42 Å². The van der Waals surface area contributed by atoms with E-state index in [2.05, 4.69) is 4.72 Å². The molecule has 4 rings (SSSR count). The van der Waals surface area contributed by atoms with Gasteiger partial charge in [-0.3, -0.25) is 9.52 Å². The minimum atomic E-state index is -3.72. The van der Waals surface area contributed by atoms with Crippen LogP contribution in [-0.4, -0.2) is 14.2 Å². The number of hydrogen-bond acceptors (Lipinski definition) is 4. The van der Waals surface area contributed by atoms with E-state index in [1.54, 1.807) is 37.3 Å². The summed E-state index contributed by atoms with van der Waals surface area (Å²) in [6.07, 6.45) is 2.02. The van der Waals surface area contributed by atoms with Crippen LogP contribution in [0.2, 0.25) is 0 Å². The first-order valence-electron chi connectivity index (χ1n) is 8.54. The standard InChI is InChI=1S/C20H19NO4S/c1-12-6-7-13(2)19(10-12)26(23,24)21-14-8-9-17-15(11-14)20-16(22)4-3-5-18(20)25-17/h6-11,21H,3-5H2,1-2H3. The lowest BCUT2D eigenvalue weighted by Gasteiger charge is -2.11. The molecule has 1 aliphatic rings. The normalized spacial score (nSPS) is 14.5. The first-order chi connectivity index (χ1) is 12.3. The van der Waals surface area contributed by atoms with Crippen LogP contribution >= 0.6 is 0 Å². The van der Waals surface area contributed by atoms with Crippen molar-refractivity contribution in [3.8, 4) is 0 Å². The maximum absolute atomic E-state index is 12.8. The van der Waals surface area contributed by atoms with Crippen molar-refractivity contribution in [2.75, 3.05) is 4.72 Å². The van der Waals surface area contributed by atoms with E-state index < -0.39 is 10.0 Å². The number of carbonyl (C=O) groups excluding carboxylic acids is 1. The molecule has 1 aromatic heterocycles. The summed E-state index contributed by atoms with van der Waals surface area (Å²) in [4.78, 5) is 12.5. The van der Waals surface area contributed by atoms with Crippen LogP contribution in [0.25, 0.3) is 11.0 Å². The Morgan fingerprint density at radius 1 is 1.04 bits per heavy atom. The summed E-state index contributed by atoms with van der Waals surface area (Å²) in [5, 5.41) is 0.672. The van der Waals surface area contributed by atoms with E-state index >= 15 is 0 Å². The molecule has 26 heavy (non-hydrogen) atoms. The quantitative estimate of drug-likeness (QED) is 0.744. The van der Waals surface area contributed by atoms with Gasteiger partial charge in [0.15, 0.2) is 5.78 Å². The topological polar surface area (TPSA) is 76.4 Å². The van der Waals surface area contributed by atoms with E-state index in [0.717, 1.165) is 18.4 Å². The number of hydrogen-bond donors (Lipinski definition) is 1. The Morgan fingerprint density at radius 2 is 1.85 bits per heavy atom. The summed E-state index contributed by atoms with van der Waals surface area (Å²) in [5.74, 6) is 0.755. The smallest absolute Gasteiger partial charge is 0.262 e. The highest BCUT2D eigenvalue weighted by atomic mass is 32.2. The fourth-order valence-corrected chi connectivity index (χ4v) is 4.82. The molecule has 0 aliphatic heterocycles. The lowest BCUT2D eigenvalue weighted by atomic mass is 9.94. The van der Waals surface area contributed by atoms with Crippen molar-refractivity contribution in [2.45, 2.75) is 38.0 Å². The van der Waals surface area contributed by atoms with Gasteiger partial charge in [-0.25, -0.2) is 8.42 Å². The SMILES string of the molecule is Cc1ccc(C)c(S(=O)(=O)Nc2ccc3oc4c(c3c2)C(=O)CCC4)c1. The molecule has 3 aromatic rings. The second kappa shape index (κ2) is 5.99. The van der Waals surface area contributed by atoms with Crippen molar-refractivity contribution in [3.05, 3.63) is 58.8 Å². The van der Waals surface area contributed by atoms with Gasteiger partial charge in [-0.15, -0.1) is 0 Å². The molecule has 0 atom stereocenters. The third-order valence-corrected chi connectivity index (χ3v) is 6.26. The molecule has 5 nitrogen and oxygen atoms in total. The van der Waals surface area contributed by atoms with Crippen LogP contribution in [0.3, 0.4) is 0 Å². The number of ketones is 1. The predicted octanol–water partition coefficient (Wildman–Crippen LogP) is 4.37. The molecule has 0 saturated carbocycles. The third-order valence-electron chi connectivity index (χ3n) is 4.73. The highest BCUT2D eigenvalue weighted by Gasteiger charge is 2.25. The molecule has 6 heteroatoms. The zero-order valence-corrected chi connectivity index (χ0v) is 15.4. The molecule has 0 amide bonds. The van der Waals surface area contributed by atoms with E-state index in [0.29, 0.717) is 40.0 Å². The van der Waals surface area contributed by atoms with Gasteiger partial charge in [0.1, 0.15) is 11.3 Å². The summed E-state index contributed by atoms with van der Waals surface area (Å²) in [5.41, 5.74) is 3.18. The average molecular weight is 369 g/mol. The van der Waals surface area contributed by atoms with Gasteiger partial charge in [0.05, 0.1) is 10.5 Å². The fraction of sp³-hybridized carbons (Fsp3) is 0.250. The Hall–Kier alpha value is -2.60. The molecule has 0 radical (unpaired) electrons. The van der Waals surface area contributed by atoms with E-state index in [9.17, 15) is 13.2 Å². The van der Waals surface area contributed by atoms with Crippen molar-refractivity contribution in [2.24, 2.45) is 0 Å². The maximum atomic E-state index is 12.8. The number of nitrogens with one attached hydrogen (secondary N) is 1. The first kappa shape index (κ1) is 16.8. The Morgan fingerprint density at radius 3 is 2.65 bits per heavy atom. The summed E-state index contributed by atoms with van der Waals surface area (Å²) in [7, 11) is -3.72. The molecule has 1 heterocycles. The molecule has 0 spiro atoms. The van der Waals surface area contributed by atoms with Gasteiger partial charge in [0.2, 0.25) is 0 Å². The minimum Gasteiger partial charge on any atom is -0.460 e. The van der Waals surface area contributed by atoms with Crippen LogP contribution in [0.15, 0.2) is 45.7 Å². The van der Waals surface area contributed by atoms with Crippen LogP contribution in [0.5, 0.6) is 0 Å². The molecule has 0 fully saturated rings. The number of aryl methyl sites for hydroxylation is 3. The zero-order valence-electron chi connectivity index (χ0n) is 14.6. The molecule has 0 bridgehead atoms. The number of Topliss-reactive ketones (excluding diaryl/α,β-unsaturated/α-hetero) is 1. The molecular weight excluding hydrogens is 350 g/mol. The second-order valence-corrected chi connectivity index (χ2v) is 8.41. The first-order valence-corrected chi connectivity index (χ1v) is 10.0. The van der Waals surface area contributed by atoms with Crippen LogP contribution in [0, 0.1) is 13.8 Å². The van der Waals surface area contributed by atoms with Gasteiger partial charge in [-0.1, -0.05) is 12.1 Å². The van der Waals surface area contributed by atoms with E-state index in [4.69, 9.17) is 4.42 Å². The van der Waals surface area contributed by atoms with Gasteiger partial charge in [0, 0.05) is 23.9 Å². The number of sulfonamides is 1. The lowest BCUT2D eigenvalue weighted by molar-refractivity contribution is 0.0971. The van der Waals surface area contributed by atoms with Crippen molar-refractivity contribution < 1.29 is 17.6 Å². The van der Waals surface area contributed by atoms with Gasteiger partial charge in [-0.2, -0.15) is 0 Å². The highest BCUT2D eigenvalue weighted by Crippen LogP contribution is 2.34. The van der Waals surface area contributed by atoms with Crippen LogP contribution in [0.4, 0.5) is 5.69 Å². The van der Waals surface area contributed by atoms with E-state index in [-0.39, 0.29) is 10.7 Å². The Balaban J connectivity index is 1.77. The molecule has 0 saturated heterocycles. The summed E-state index contributed by atoms with van der Waals surface area (Å²) < 4.78 is 34.0. The third kappa shape index (κ3) is 2.80. The van der Waals surface area contributed by atoms with E-state index in [1.807, 2.05) is 13.0 Å². The maximum Gasteiger partial charge on any atom is 0.262 e. The molecule has 0 unspecified atom stereocenters. The number of benzene rings is 2. The summed E-state index contributed by atoms with van der Waals surface area (Å²) >= 11 is 0. The zero-order chi connectivity index (χ0) is 18.5. The Labute approximate surface area is 152 Å². The average Bonchev–Trinajstić information content (AvgIpc) is 2.95. The second-order valence-electron chi connectivity index (χ2n) is 6.76. The molecule has 1 N–H and O–H groups in total. The Bertz CT molecular complexity index is 1140. The number of rotatable bonds is 3. The lowest BCUT2D eigenvalue weighted by Crippen LogP contribution is -2.14. The number of furan rings is 1. The van der Waals surface area contributed by atoms with Gasteiger partial charge in [-0.05, 0) is 55.7 Å². The summed E-state index contributed by atoms with van der Waals surface area (Å²) in [6.45, 7) is 3.62.